The first-order valence-corrected chi connectivity index (χ1v) is 30.6. The fourth-order valence-electron chi connectivity index (χ4n) is 10.8. The van der Waals surface area contributed by atoms with Crippen molar-refractivity contribution in [2.24, 2.45) is 5.92 Å². The van der Waals surface area contributed by atoms with E-state index in [-0.39, 0.29) is 37.2 Å². The van der Waals surface area contributed by atoms with Crippen LogP contribution in [0.2, 0.25) is 0 Å². The van der Waals surface area contributed by atoms with E-state index in [4.69, 9.17) is 0 Å². The molecule has 3 aromatic carbocycles. The van der Waals surface area contributed by atoms with Crippen LogP contribution in [0.4, 0.5) is 0 Å². The molecule has 0 radical (unpaired) electrons. The Balaban J connectivity index is 0.00000748. The number of benzene rings is 3. The Hall–Kier alpha value is -1.06. The molecule has 0 heterocycles. The Labute approximate surface area is 447 Å². The second-order valence-corrected chi connectivity index (χ2v) is 25.2. The number of hydrogen-bond acceptors (Lipinski definition) is 0. The van der Waals surface area contributed by atoms with E-state index in [0.717, 1.165) is 6.42 Å². The molecule has 5 heteroatoms. The Kier molecular flexibility index (Phi) is 35.1. The Bertz CT molecular complexity index is 1580. The number of allylic oxidation sites excluding steroid dienone is 4. The van der Waals surface area contributed by atoms with Crippen LogP contribution in [0.5, 0.6) is 0 Å². The van der Waals surface area contributed by atoms with Gasteiger partial charge in [-0.05, 0) is 0 Å². The van der Waals surface area contributed by atoms with Gasteiger partial charge in [-0.1, -0.05) is 0 Å². The average molecular weight is 1020 g/mol. The van der Waals surface area contributed by atoms with Gasteiger partial charge in [-0.25, -0.2) is 0 Å². The molecule has 1 aliphatic rings. The summed E-state index contributed by atoms with van der Waals surface area (Å²) in [6.07, 6.45) is 42.6. The molecule has 374 valence electrons. The fourth-order valence-corrected chi connectivity index (χ4v) is 17.8. The van der Waals surface area contributed by atoms with Crippen molar-refractivity contribution >= 4 is 23.6 Å². The van der Waals surface area contributed by atoms with Crippen molar-refractivity contribution < 1.29 is 57.7 Å². The first-order chi connectivity index (χ1) is 31.2. The van der Waals surface area contributed by atoms with Crippen molar-refractivity contribution in [1.82, 2.24) is 0 Å². The molecule has 0 aromatic heterocycles. The van der Waals surface area contributed by atoms with Gasteiger partial charge in [-0.2, -0.15) is 0 Å². The van der Waals surface area contributed by atoms with Crippen LogP contribution in [0, 0.1) is 5.92 Å². The van der Waals surface area contributed by atoms with Gasteiger partial charge >= 0.3 is 413 Å². The zero-order valence-corrected chi connectivity index (χ0v) is 49.2. The minimum absolute atomic E-state index is 0. The van der Waals surface area contributed by atoms with Gasteiger partial charge in [0.15, 0.2) is 0 Å². The summed E-state index contributed by atoms with van der Waals surface area (Å²) in [7, 11) is -2.83. The molecule has 3 aromatic rings. The van der Waals surface area contributed by atoms with Crippen LogP contribution in [0.1, 0.15) is 249 Å². The molecule has 0 unspecified atom stereocenters. The van der Waals surface area contributed by atoms with Crippen molar-refractivity contribution in [2.75, 3.05) is 0 Å². The van der Waals surface area contributed by atoms with E-state index in [0.29, 0.717) is 5.92 Å². The summed E-state index contributed by atoms with van der Waals surface area (Å²) in [6, 6.07) is 24.9. The van der Waals surface area contributed by atoms with Gasteiger partial charge in [0.2, 0.25) is 0 Å². The molecule has 1 aliphatic carbocycles. The first kappa shape index (κ1) is 64.0. The monoisotopic (exact) mass is 1020 g/mol. The molecule has 0 N–H and O–H groups in total. The van der Waals surface area contributed by atoms with Crippen LogP contribution >= 0.6 is 0 Å². The van der Waals surface area contributed by atoms with Gasteiger partial charge in [0.05, 0.1) is 0 Å². The largest absolute Gasteiger partial charge is 1.00 e. The third-order valence-electron chi connectivity index (χ3n) is 14.6. The zero-order chi connectivity index (χ0) is 46.0. The minimum Gasteiger partial charge on any atom is -1.00 e. The first-order valence-electron chi connectivity index (χ1n) is 27.8. The zero-order valence-electron chi connectivity index (χ0n) is 44.4. The minimum atomic E-state index is -2.83. The summed E-state index contributed by atoms with van der Waals surface area (Å²) in [6.45, 7) is 19.1. The van der Waals surface area contributed by atoms with Gasteiger partial charge in [-0.15, -0.1) is 0 Å². The van der Waals surface area contributed by atoms with Gasteiger partial charge in [0.1, 0.15) is 0 Å². The molecule has 0 spiro atoms. The van der Waals surface area contributed by atoms with Gasteiger partial charge in [-0.3, -0.25) is 0 Å². The molecule has 0 fully saturated rings. The molecule has 0 saturated heterocycles. The predicted molar refractivity (Wildman–Crippen MR) is 286 cm³/mol. The molecule has 0 bridgehead atoms. The summed E-state index contributed by atoms with van der Waals surface area (Å²) < 4.78 is 1.62. The van der Waals surface area contributed by atoms with Crippen molar-refractivity contribution in [2.45, 2.75) is 254 Å². The Morgan fingerprint density at radius 3 is 0.806 bits per heavy atom. The predicted octanol–water partition coefficient (Wildman–Crippen LogP) is 8.23. The maximum absolute atomic E-state index is 2.83. The average Bonchev–Trinajstić information content (AvgIpc) is 3.68. The number of rotatable bonds is 35. The SMILES string of the molecule is CCCCCCc1cc(CCCCCC)cc([Si](C2=[C]([Ti+3])C(C(C)C)=CC2)(c2cc(CCCCCC)cc(CCCCCC)c2)c2cc(CCCCCC)cc(CCCCCC)c2)c1.[Cl-].[Cl-].[Cl-]. The van der Waals surface area contributed by atoms with Crippen molar-refractivity contribution in [3.63, 3.8) is 0 Å². The van der Waals surface area contributed by atoms with Crippen molar-refractivity contribution in [3.8, 4) is 0 Å². The maximum Gasteiger partial charge on any atom is -1.00 e. The number of hydrogen-bond donors (Lipinski definition) is 0. The number of aryl methyl sites for hydroxylation is 6. The Morgan fingerprint density at radius 1 is 0.373 bits per heavy atom. The van der Waals surface area contributed by atoms with E-state index in [2.05, 4.69) is 136 Å². The van der Waals surface area contributed by atoms with Gasteiger partial charge in [0.25, 0.3) is 0 Å². The van der Waals surface area contributed by atoms with Crippen LogP contribution in [0.3, 0.4) is 0 Å². The van der Waals surface area contributed by atoms with Crippen LogP contribution in [-0.4, -0.2) is 8.07 Å². The van der Waals surface area contributed by atoms with Gasteiger partial charge in [0, 0.05) is 0 Å². The van der Waals surface area contributed by atoms with Crippen LogP contribution in [0.25, 0.3) is 0 Å². The molecule has 0 amide bonds. The van der Waals surface area contributed by atoms with Crippen molar-refractivity contribution in [3.05, 3.63) is 109 Å². The number of unbranched alkanes of at least 4 members (excludes halogenated alkanes) is 18. The quantitative estimate of drug-likeness (QED) is 0.0317. The molecule has 0 saturated carbocycles. The second kappa shape index (κ2) is 36.8. The van der Waals surface area contributed by atoms with Crippen LogP contribution < -0.4 is 52.8 Å². The summed E-state index contributed by atoms with van der Waals surface area (Å²) in [5.74, 6) is 0.529. The second-order valence-electron chi connectivity index (χ2n) is 20.6. The van der Waals surface area contributed by atoms with Crippen LogP contribution in [0.15, 0.2) is 75.3 Å². The summed E-state index contributed by atoms with van der Waals surface area (Å²) in [5, 5.41) is 6.87. The third kappa shape index (κ3) is 20.5. The molecule has 0 aliphatic heterocycles. The number of halogens is 3. The van der Waals surface area contributed by atoms with E-state index >= 15 is 0 Å². The normalized spacial score (nSPS) is 12.6. The van der Waals surface area contributed by atoms with E-state index in [1.807, 2.05) is 0 Å². The molecule has 0 atom stereocenters. The summed E-state index contributed by atoms with van der Waals surface area (Å²) in [5.41, 5.74) is 11.2. The Morgan fingerprint density at radius 2 is 0.612 bits per heavy atom. The third-order valence-corrected chi connectivity index (χ3v) is 20.7. The van der Waals surface area contributed by atoms with E-state index in [1.54, 1.807) is 63.6 Å². The molecular weight excluding hydrogens is 927 g/mol. The summed E-state index contributed by atoms with van der Waals surface area (Å²) in [4.78, 5) is 0. The summed E-state index contributed by atoms with van der Waals surface area (Å²) >= 11 is 2.55. The van der Waals surface area contributed by atoms with Gasteiger partial charge < -0.3 is 37.2 Å². The van der Waals surface area contributed by atoms with E-state index in [9.17, 15) is 0 Å². The maximum atomic E-state index is 2.81. The standard InChI is InChI=1S/C62H97Si.3ClH.Ti/c1-9-15-21-27-33-52-41-53(34-28-22-16-10-2)45-60(44-52)63(59-40-39-58(50-59)51(7)8,61-46-54(35-29-23-17-11-3)42-55(47-61)36-30-24-18-12-4)62-48-56(37-31-25-19-13-5)43-57(49-62)38-32-26-20-14-6;;;;/h39,41-49,51H,9-38,40H2,1-8H3;3*1H;/q;;;;+3/p-3. The van der Waals surface area contributed by atoms with Crippen molar-refractivity contribution in [1.29, 1.82) is 0 Å². The topological polar surface area (TPSA) is 0 Å². The van der Waals surface area contributed by atoms with E-state index < -0.39 is 8.07 Å². The van der Waals surface area contributed by atoms with E-state index in [1.165, 1.54) is 193 Å². The van der Waals surface area contributed by atoms with Crippen LogP contribution in [-0.2, 0) is 59.0 Å². The molecule has 0 nitrogen and oxygen atoms in total. The molecular formula is C62H97Cl3SiTi. The smallest absolute Gasteiger partial charge is 1.00 e. The molecule has 67 heavy (non-hydrogen) atoms. The fraction of sp³-hybridized carbons (Fsp3) is 0.645. The molecule has 4 rings (SSSR count).